The molecule has 2 heterocycles. The topological polar surface area (TPSA) is 126 Å². The molecular formula is C28H39N3O6. The molecule has 2 atom stereocenters. The molecule has 0 spiro atoms. The number of hydrogen-bond acceptors (Lipinski definition) is 6. The number of piperidine rings is 1. The highest BCUT2D eigenvalue weighted by atomic mass is 16.6. The van der Waals surface area contributed by atoms with Crippen LogP contribution in [0.5, 0.6) is 5.75 Å². The highest BCUT2D eigenvalue weighted by Crippen LogP contribution is 2.09. The van der Waals surface area contributed by atoms with Crippen molar-refractivity contribution in [2.45, 2.75) is 52.2 Å². The maximum atomic E-state index is 11.5. The minimum absolute atomic E-state index is 0.0745. The standard InChI is InChI=1S/C10H15N3O4.C8H10O.C7H8.C3H6O/c14-5-4-11-9(16)6-12-10(17)7-2-1-3-8(15)13-7;1-7-3-5-8(9-2)6-4-7;1-7-5-3-2-4-6-7;1-3-2-4-3/h5,7H,1-4,6H2,(H,11,16)(H,12,17)(H,13,15);3-6H,1-2H3;2-6H,1H3;3H,2H2,1H3. The summed E-state index contributed by atoms with van der Waals surface area (Å²) in [6, 6.07) is 17.7. The summed E-state index contributed by atoms with van der Waals surface area (Å²) >= 11 is 0. The van der Waals surface area contributed by atoms with Gasteiger partial charge in [-0.15, -0.1) is 0 Å². The largest absolute Gasteiger partial charge is 0.497 e. The Balaban J connectivity index is 0.000000282. The molecule has 9 nitrogen and oxygen atoms in total. The van der Waals surface area contributed by atoms with E-state index in [1.807, 2.05) is 42.5 Å². The van der Waals surface area contributed by atoms with E-state index in [0.29, 0.717) is 31.7 Å². The second-order valence-electron chi connectivity index (χ2n) is 8.52. The van der Waals surface area contributed by atoms with Gasteiger partial charge in [0.15, 0.2) is 0 Å². The van der Waals surface area contributed by atoms with E-state index in [4.69, 9.17) is 9.47 Å². The fourth-order valence-corrected chi connectivity index (χ4v) is 2.82. The highest BCUT2D eigenvalue weighted by Gasteiger charge is 2.24. The minimum Gasteiger partial charge on any atom is -0.497 e. The van der Waals surface area contributed by atoms with Crippen LogP contribution in [0.1, 0.15) is 37.3 Å². The molecule has 2 unspecified atom stereocenters. The van der Waals surface area contributed by atoms with Gasteiger partial charge >= 0.3 is 0 Å². The maximum absolute atomic E-state index is 11.5. The first-order valence-corrected chi connectivity index (χ1v) is 12.3. The number of carbonyl (C=O) groups excluding carboxylic acids is 4. The number of aryl methyl sites for hydroxylation is 2. The predicted octanol–water partition coefficient (Wildman–Crippen LogP) is 2.49. The normalized spacial score (nSPS) is 16.9. The van der Waals surface area contributed by atoms with Gasteiger partial charge in [-0.3, -0.25) is 14.4 Å². The second kappa shape index (κ2) is 18.5. The van der Waals surface area contributed by atoms with Crippen molar-refractivity contribution in [3.05, 3.63) is 65.7 Å². The summed E-state index contributed by atoms with van der Waals surface area (Å²) in [5, 5.41) is 7.23. The Hall–Kier alpha value is -3.72. The zero-order chi connectivity index (χ0) is 27.5. The molecule has 202 valence electrons. The third-order valence-corrected chi connectivity index (χ3v) is 5.05. The molecule has 9 heteroatoms. The van der Waals surface area contributed by atoms with Crippen molar-refractivity contribution in [3.63, 3.8) is 0 Å². The van der Waals surface area contributed by atoms with Crippen molar-refractivity contribution in [2.24, 2.45) is 0 Å². The smallest absolute Gasteiger partial charge is 0.243 e. The Bertz CT molecular complexity index is 946. The number of carbonyl (C=O) groups is 4. The van der Waals surface area contributed by atoms with Crippen LogP contribution in [0.4, 0.5) is 0 Å². The van der Waals surface area contributed by atoms with Gasteiger partial charge in [-0.25, -0.2) is 0 Å². The number of aldehydes is 1. The van der Waals surface area contributed by atoms with Gasteiger partial charge in [0.1, 0.15) is 18.1 Å². The van der Waals surface area contributed by atoms with Gasteiger partial charge in [0.2, 0.25) is 17.7 Å². The summed E-state index contributed by atoms with van der Waals surface area (Å²) in [6.07, 6.45) is 2.82. The van der Waals surface area contributed by atoms with E-state index in [1.54, 1.807) is 7.11 Å². The number of methoxy groups -OCH3 is 1. The fourth-order valence-electron chi connectivity index (χ4n) is 2.82. The lowest BCUT2D eigenvalue weighted by molar-refractivity contribution is -0.132. The van der Waals surface area contributed by atoms with E-state index in [9.17, 15) is 19.2 Å². The summed E-state index contributed by atoms with van der Waals surface area (Å²) in [7, 11) is 1.67. The Labute approximate surface area is 219 Å². The highest BCUT2D eigenvalue weighted by molar-refractivity contribution is 5.91. The predicted molar refractivity (Wildman–Crippen MR) is 142 cm³/mol. The van der Waals surface area contributed by atoms with Gasteiger partial charge in [0.25, 0.3) is 0 Å². The van der Waals surface area contributed by atoms with Gasteiger partial charge in [0.05, 0.1) is 32.9 Å². The quantitative estimate of drug-likeness (QED) is 0.403. The third kappa shape index (κ3) is 16.6. The molecule has 0 saturated carbocycles. The molecule has 2 aliphatic heterocycles. The molecule has 0 aliphatic carbocycles. The van der Waals surface area contributed by atoms with Gasteiger partial charge in [0, 0.05) is 6.42 Å². The van der Waals surface area contributed by atoms with E-state index >= 15 is 0 Å². The van der Waals surface area contributed by atoms with Crippen LogP contribution in [0.3, 0.4) is 0 Å². The van der Waals surface area contributed by atoms with Crippen LogP contribution >= 0.6 is 0 Å². The summed E-state index contributed by atoms with van der Waals surface area (Å²) in [4.78, 5) is 43.7. The number of hydrogen-bond donors (Lipinski definition) is 3. The molecule has 0 bridgehead atoms. The first-order chi connectivity index (χ1) is 17.7. The lowest BCUT2D eigenvalue weighted by atomic mass is 10.0. The summed E-state index contributed by atoms with van der Waals surface area (Å²) in [5.74, 6) is -0.0469. The van der Waals surface area contributed by atoms with Crippen molar-refractivity contribution in [3.8, 4) is 5.75 Å². The SMILES string of the molecule is CC1CO1.COc1ccc(C)cc1.Cc1ccccc1.O=CCNC(=O)CNC(=O)C1CCCC(=O)N1. The third-order valence-electron chi connectivity index (χ3n) is 5.05. The number of nitrogens with one attached hydrogen (secondary N) is 3. The van der Waals surface area contributed by atoms with Gasteiger partial charge < -0.3 is 30.2 Å². The molecule has 2 fully saturated rings. The number of ether oxygens (including phenoxy) is 2. The Morgan fingerprint density at radius 2 is 1.65 bits per heavy atom. The van der Waals surface area contributed by atoms with Crippen molar-refractivity contribution in [1.82, 2.24) is 16.0 Å². The maximum Gasteiger partial charge on any atom is 0.243 e. The molecular weight excluding hydrogens is 474 g/mol. The van der Waals surface area contributed by atoms with E-state index in [2.05, 4.69) is 48.9 Å². The number of epoxide rings is 1. The van der Waals surface area contributed by atoms with Crippen molar-refractivity contribution in [2.75, 3.05) is 26.8 Å². The van der Waals surface area contributed by atoms with Crippen LogP contribution in [-0.2, 0) is 23.9 Å². The van der Waals surface area contributed by atoms with Gasteiger partial charge in [-0.05, 0) is 45.7 Å². The fraction of sp³-hybridized carbons (Fsp3) is 0.429. The summed E-state index contributed by atoms with van der Waals surface area (Å²) in [6.45, 7) is 6.91. The molecule has 2 saturated heterocycles. The molecule has 4 rings (SSSR count). The number of amides is 3. The number of rotatable bonds is 6. The average Bonchev–Trinajstić information content (AvgIpc) is 3.70. The van der Waals surface area contributed by atoms with Crippen LogP contribution in [0.25, 0.3) is 0 Å². The molecule has 2 aromatic rings. The van der Waals surface area contributed by atoms with E-state index in [-0.39, 0.29) is 24.9 Å². The van der Waals surface area contributed by atoms with E-state index in [1.165, 1.54) is 11.1 Å². The van der Waals surface area contributed by atoms with Crippen LogP contribution in [0, 0.1) is 13.8 Å². The summed E-state index contributed by atoms with van der Waals surface area (Å²) in [5.41, 5.74) is 2.58. The van der Waals surface area contributed by atoms with Crippen LogP contribution < -0.4 is 20.7 Å². The van der Waals surface area contributed by atoms with Crippen LogP contribution in [0.15, 0.2) is 54.6 Å². The van der Waals surface area contributed by atoms with Crippen LogP contribution in [0.2, 0.25) is 0 Å². The number of benzene rings is 2. The van der Waals surface area contributed by atoms with Crippen molar-refractivity contribution in [1.29, 1.82) is 0 Å². The minimum atomic E-state index is -0.560. The zero-order valence-corrected chi connectivity index (χ0v) is 22.1. The van der Waals surface area contributed by atoms with E-state index in [0.717, 1.165) is 12.4 Å². The second-order valence-corrected chi connectivity index (χ2v) is 8.52. The molecule has 3 N–H and O–H groups in total. The zero-order valence-electron chi connectivity index (χ0n) is 22.1. The average molecular weight is 514 g/mol. The lowest BCUT2D eigenvalue weighted by Gasteiger charge is -2.22. The molecule has 3 amide bonds. The van der Waals surface area contributed by atoms with Gasteiger partial charge in [-0.2, -0.15) is 0 Å². The van der Waals surface area contributed by atoms with Crippen molar-refractivity contribution < 1.29 is 28.7 Å². The summed E-state index contributed by atoms with van der Waals surface area (Å²) < 4.78 is 9.68. The molecule has 0 radical (unpaired) electrons. The van der Waals surface area contributed by atoms with Crippen molar-refractivity contribution >= 4 is 24.0 Å². The monoisotopic (exact) mass is 513 g/mol. The van der Waals surface area contributed by atoms with E-state index < -0.39 is 11.9 Å². The van der Waals surface area contributed by atoms with Gasteiger partial charge in [-0.1, -0.05) is 53.6 Å². The molecule has 0 aromatic heterocycles. The molecule has 37 heavy (non-hydrogen) atoms. The lowest BCUT2D eigenvalue weighted by Crippen LogP contribution is -2.50. The first-order valence-electron chi connectivity index (χ1n) is 12.3. The first kappa shape index (κ1) is 31.3. The Morgan fingerprint density at radius 3 is 2.11 bits per heavy atom. The molecule has 2 aromatic carbocycles. The Morgan fingerprint density at radius 1 is 1.05 bits per heavy atom. The Kier molecular flexibility index (Phi) is 15.7. The van der Waals surface area contributed by atoms with Crippen LogP contribution in [-0.4, -0.2) is 63.0 Å². The molecule has 2 aliphatic rings.